The maximum Gasteiger partial charge on any atom is 0.241 e. The summed E-state index contributed by atoms with van der Waals surface area (Å²) in [6, 6.07) is 3.50. The molecule has 0 saturated carbocycles. The first-order valence-corrected chi connectivity index (χ1v) is 7.77. The molecular weight excluding hydrogens is 277 g/mol. The molecule has 3 nitrogen and oxygen atoms in total. The molecule has 1 aromatic carbocycles. The van der Waals surface area contributed by atoms with Gasteiger partial charge in [0.2, 0.25) is 10.0 Å². The quantitative estimate of drug-likeness (QED) is 0.820. The Morgan fingerprint density at radius 1 is 1.44 bits per heavy atom. The maximum absolute atomic E-state index is 13.1. The predicted octanol–water partition coefficient (Wildman–Crippen LogP) is 2.82. The van der Waals surface area contributed by atoms with Crippen LogP contribution in [0, 0.1) is 12.7 Å². The minimum atomic E-state index is -3.70. The highest BCUT2D eigenvalue weighted by atomic mass is 35.5. The van der Waals surface area contributed by atoms with Crippen molar-refractivity contribution in [2.75, 3.05) is 5.88 Å². The highest BCUT2D eigenvalue weighted by Gasteiger charge is 2.21. The molecule has 0 bridgehead atoms. The van der Waals surface area contributed by atoms with Gasteiger partial charge in [-0.15, -0.1) is 11.6 Å². The molecule has 0 radical (unpaired) electrons. The summed E-state index contributed by atoms with van der Waals surface area (Å²) in [5, 5.41) is 0. The summed E-state index contributed by atoms with van der Waals surface area (Å²) in [5.74, 6) is -0.185. The zero-order chi connectivity index (χ0) is 13.8. The topological polar surface area (TPSA) is 46.2 Å². The van der Waals surface area contributed by atoms with Crippen LogP contribution in [0.15, 0.2) is 23.1 Å². The van der Waals surface area contributed by atoms with Gasteiger partial charge in [-0.1, -0.05) is 13.0 Å². The Kier molecular flexibility index (Phi) is 5.56. The summed E-state index contributed by atoms with van der Waals surface area (Å²) in [5.41, 5.74) is 0.518. The number of aryl methyl sites for hydroxylation is 1. The molecule has 0 spiro atoms. The van der Waals surface area contributed by atoms with Crippen LogP contribution in [0.2, 0.25) is 0 Å². The van der Waals surface area contributed by atoms with E-state index < -0.39 is 15.8 Å². The lowest BCUT2D eigenvalue weighted by molar-refractivity contribution is 0.530. The minimum absolute atomic E-state index is 0.0180. The van der Waals surface area contributed by atoms with Crippen LogP contribution in [-0.4, -0.2) is 20.3 Å². The van der Waals surface area contributed by atoms with E-state index in [1.807, 2.05) is 6.92 Å². The second-order valence-corrected chi connectivity index (χ2v) is 6.17. The smallest absolute Gasteiger partial charge is 0.208 e. The van der Waals surface area contributed by atoms with Crippen molar-refractivity contribution in [3.63, 3.8) is 0 Å². The molecule has 0 aliphatic heterocycles. The lowest BCUT2D eigenvalue weighted by Gasteiger charge is -2.16. The van der Waals surface area contributed by atoms with Crippen LogP contribution in [0.25, 0.3) is 0 Å². The molecule has 0 aliphatic rings. The van der Waals surface area contributed by atoms with E-state index in [2.05, 4.69) is 4.72 Å². The molecule has 1 aromatic rings. The lowest BCUT2D eigenvalue weighted by atomic mass is 10.2. The fraction of sp³-hybridized carbons (Fsp3) is 0.500. The molecule has 0 aromatic heterocycles. The van der Waals surface area contributed by atoms with Gasteiger partial charge < -0.3 is 0 Å². The molecule has 102 valence electrons. The third-order valence-electron chi connectivity index (χ3n) is 2.71. The molecule has 0 saturated heterocycles. The zero-order valence-electron chi connectivity index (χ0n) is 10.4. The van der Waals surface area contributed by atoms with E-state index in [9.17, 15) is 12.8 Å². The van der Waals surface area contributed by atoms with Crippen molar-refractivity contribution in [1.29, 1.82) is 0 Å². The second-order valence-electron chi connectivity index (χ2n) is 4.11. The predicted molar refractivity (Wildman–Crippen MR) is 70.9 cm³/mol. The van der Waals surface area contributed by atoms with Crippen molar-refractivity contribution in [3.05, 3.63) is 29.6 Å². The third-order valence-corrected chi connectivity index (χ3v) is 4.59. The number of hydrogen-bond acceptors (Lipinski definition) is 2. The summed E-state index contributed by atoms with van der Waals surface area (Å²) in [6.07, 6.45) is 1.19. The van der Waals surface area contributed by atoms with E-state index in [-0.39, 0.29) is 10.9 Å². The first-order valence-electron chi connectivity index (χ1n) is 5.75. The Labute approximate surface area is 112 Å². The van der Waals surface area contributed by atoms with Gasteiger partial charge >= 0.3 is 0 Å². The van der Waals surface area contributed by atoms with Crippen LogP contribution < -0.4 is 4.72 Å². The summed E-state index contributed by atoms with van der Waals surface area (Å²) < 4.78 is 39.9. The van der Waals surface area contributed by atoms with Gasteiger partial charge in [0.05, 0.1) is 4.90 Å². The van der Waals surface area contributed by atoms with Crippen molar-refractivity contribution in [1.82, 2.24) is 4.72 Å². The molecule has 0 heterocycles. The van der Waals surface area contributed by atoms with Crippen LogP contribution in [0.3, 0.4) is 0 Å². The SMILES string of the molecule is CCC(CCCl)NS(=O)(=O)c1cc(F)ccc1C. The number of alkyl halides is 1. The summed E-state index contributed by atoms with van der Waals surface area (Å²) in [4.78, 5) is -0.0180. The molecular formula is C12H17ClFNO2S. The number of halogens is 2. The van der Waals surface area contributed by atoms with Crippen LogP contribution >= 0.6 is 11.6 Å². The van der Waals surface area contributed by atoms with Crippen molar-refractivity contribution in [2.24, 2.45) is 0 Å². The van der Waals surface area contributed by atoms with E-state index >= 15 is 0 Å². The highest BCUT2D eigenvalue weighted by molar-refractivity contribution is 7.89. The maximum atomic E-state index is 13.1. The number of sulfonamides is 1. The van der Waals surface area contributed by atoms with Crippen molar-refractivity contribution in [2.45, 2.75) is 37.6 Å². The first kappa shape index (κ1) is 15.4. The van der Waals surface area contributed by atoms with Crippen molar-refractivity contribution in [3.8, 4) is 0 Å². The Bertz CT molecular complexity index is 505. The largest absolute Gasteiger partial charge is 0.241 e. The summed E-state index contributed by atoms with van der Waals surface area (Å²) in [6.45, 7) is 3.51. The third kappa shape index (κ3) is 3.93. The number of nitrogens with one attached hydrogen (secondary N) is 1. The van der Waals surface area contributed by atoms with Crippen molar-refractivity contribution < 1.29 is 12.8 Å². The Morgan fingerprint density at radius 3 is 2.67 bits per heavy atom. The van der Waals surface area contributed by atoms with Crippen LogP contribution in [-0.2, 0) is 10.0 Å². The van der Waals surface area contributed by atoms with Gasteiger partial charge in [0.1, 0.15) is 5.82 Å². The lowest BCUT2D eigenvalue weighted by Crippen LogP contribution is -2.35. The average Bonchev–Trinajstić information content (AvgIpc) is 2.31. The van der Waals surface area contributed by atoms with E-state index in [0.29, 0.717) is 24.3 Å². The Hall–Kier alpha value is -0.650. The van der Waals surface area contributed by atoms with E-state index in [0.717, 1.165) is 6.07 Å². The normalized spacial score (nSPS) is 13.6. The molecule has 1 rings (SSSR count). The Morgan fingerprint density at radius 2 is 2.11 bits per heavy atom. The van der Waals surface area contributed by atoms with Crippen LogP contribution in [0.1, 0.15) is 25.3 Å². The Balaban J connectivity index is 3.02. The van der Waals surface area contributed by atoms with Crippen molar-refractivity contribution >= 4 is 21.6 Å². The monoisotopic (exact) mass is 293 g/mol. The second kappa shape index (κ2) is 6.50. The minimum Gasteiger partial charge on any atom is -0.208 e. The molecule has 0 fully saturated rings. The van der Waals surface area contributed by atoms with Crippen LogP contribution in [0.5, 0.6) is 0 Å². The van der Waals surface area contributed by atoms with Gasteiger partial charge in [-0.2, -0.15) is 0 Å². The number of benzene rings is 1. The van der Waals surface area contributed by atoms with Gasteiger partial charge in [0.25, 0.3) is 0 Å². The molecule has 1 unspecified atom stereocenters. The highest BCUT2D eigenvalue weighted by Crippen LogP contribution is 2.17. The van der Waals surface area contributed by atoms with E-state index in [4.69, 9.17) is 11.6 Å². The molecule has 1 atom stereocenters. The number of rotatable bonds is 6. The average molecular weight is 294 g/mol. The fourth-order valence-electron chi connectivity index (χ4n) is 1.62. The standard InChI is InChI=1S/C12H17ClFNO2S/c1-3-11(6-7-13)15-18(16,17)12-8-10(14)5-4-9(12)2/h4-5,8,11,15H,3,6-7H2,1-2H3. The molecule has 0 amide bonds. The fourth-order valence-corrected chi connectivity index (χ4v) is 3.50. The number of hydrogen-bond donors (Lipinski definition) is 1. The summed E-state index contributed by atoms with van der Waals surface area (Å²) >= 11 is 5.61. The van der Waals surface area contributed by atoms with Crippen LogP contribution in [0.4, 0.5) is 4.39 Å². The molecule has 1 N–H and O–H groups in total. The van der Waals surface area contributed by atoms with E-state index in [1.54, 1.807) is 6.92 Å². The van der Waals surface area contributed by atoms with Gasteiger partial charge in [0, 0.05) is 11.9 Å². The molecule has 0 aliphatic carbocycles. The first-order chi connectivity index (χ1) is 8.40. The van der Waals surface area contributed by atoms with Gasteiger partial charge in [0.15, 0.2) is 0 Å². The molecule has 6 heteroatoms. The van der Waals surface area contributed by atoms with Gasteiger partial charge in [-0.05, 0) is 37.5 Å². The van der Waals surface area contributed by atoms with E-state index in [1.165, 1.54) is 12.1 Å². The zero-order valence-corrected chi connectivity index (χ0v) is 12.0. The summed E-state index contributed by atoms with van der Waals surface area (Å²) in [7, 11) is -3.70. The van der Waals surface area contributed by atoms with Gasteiger partial charge in [-0.25, -0.2) is 17.5 Å². The van der Waals surface area contributed by atoms with Gasteiger partial charge in [-0.3, -0.25) is 0 Å². The molecule has 18 heavy (non-hydrogen) atoms.